The van der Waals surface area contributed by atoms with Crippen molar-refractivity contribution < 1.29 is 0 Å². The Bertz CT molecular complexity index is 736. The molecule has 1 fully saturated rings. The number of nitrogens with one attached hydrogen (secondary N) is 2. The second-order valence-electron chi connectivity index (χ2n) is 7.22. The number of nitrogens with zero attached hydrogens (tertiary/aromatic N) is 3. The minimum Gasteiger partial charge on any atom is -0.369 e. The number of guanidine groups is 1. The second kappa shape index (κ2) is 10.7. The molecule has 0 saturated carbocycles. The van der Waals surface area contributed by atoms with E-state index in [0.717, 1.165) is 58.2 Å². The van der Waals surface area contributed by atoms with Gasteiger partial charge in [-0.1, -0.05) is 49.4 Å². The molecule has 3 rings (SSSR count). The van der Waals surface area contributed by atoms with Crippen LogP contribution in [0.4, 0.5) is 5.69 Å². The predicted octanol–water partition coefficient (Wildman–Crippen LogP) is 3.08. The second-order valence-corrected chi connectivity index (χ2v) is 7.22. The van der Waals surface area contributed by atoms with E-state index in [1.165, 1.54) is 16.8 Å². The SMILES string of the molecule is CCCNC(=NC)NCc1ccccc1CN1CCN(c2ccccc2)CC1. The van der Waals surface area contributed by atoms with Crippen LogP contribution in [0.15, 0.2) is 59.6 Å². The summed E-state index contributed by atoms with van der Waals surface area (Å²) in [4.78, 5) is 9.34. The molecule has 0 radical (unpaired) electrons. The summed E-state index contributed by atoms with van der Waals surface area (Å²) in [6, 6.07) is 19.5. The van der Waals surface area contributed by atoms with E-state index >= 15 is 0 Å². The van der Waals surface area contributed by atoms with Crippen LogP contribution in [0.1, 0.15) is 24.5 Å². The van der Waals surface area contributed by atoms with Crippen molar-refractivity contribution in [3.05, 3.63) is 65.7 Å². The Morgan fingerprint density at radius 3 is 2.25 bits per heavy atom. The van der Waals surface area contributed by atoms with Crippen molar-refractivity contribution in [2.75, 3.05) is 44.7 Å². The molecule has 1 heterocycles. The van der Waals surface area contributed by atoms with E-state index in [4.69, 9.17) is 0 Å². The minimum absolute atomic E-state index is 0.795. The Morgan fingerprint density at radius 2 is 1.57 bits per heavy atom. The monoisotopic (exact) mass is 379 g/mol. The van der Waals surface area contributed by atoms with Crippen LogP contribution in [0.3, 0.4) is 0 Å². The van der Waals surface area contributed by atoms with Gasteiger partial charge in [-0.2, -0.15) is 0 Å². The first-order valence-electron chi connectivity index (χ1n) is 10.3. The van der Waals surface area contributed by atoms with Crippen LogP contribution in [0.5, 0.6) is 0 Å². The maximum atomic E-state index is 4.30. The summed E-state index contributed by atoms with van der Waals surface area (Å²) < 4.78 is 0. The van der Waals surface area contributed by atoms with Crippen molar-refractivity contribution >= 4 is 11.6 Å². The highest BCUT2D eigenvalue weighted by molar-refractivity contribution is 5.79. The fourth-order valence-electron chi connectivity index (χ4n) is 3.57. The van der Waals surface area contributed by atoms with Crippen LogP contribution in [0.2, 0.25) is 0 Å². The van der Waals surface area contributed by atoms with Gasteiger partial charge in [0.15, 0.2) is 5.96 Å². The highest BCUT2D eigenvalue weighted by Crippen LogP contribution is 2.18. The fourth-order valence-corrected chi connectivity index (χ4v) is 3.57. The van der Waals surface area contributed by atoms with Crippen molar-refractivity contribution in [3.63, 3.8) is 0 Å². The molecule has 0 unspecified atom stereocenters. The van der Waals surface area contributed by atoms with Gasteiger partial charge in [-0.05, 0) is 29.7 Å². The van der Waals surface area contributed by atoms with Gasteiger partial charge >= 0.3 is 0 Å². The van der Waals surface area contributed by atoms with Crippen LogP contribution in [-0.2, 0) is 13.1 Å². The molecule has 0 bridgehead atoms. The number of aliphatic imine (C=N–C) groups is 1. The van der Waals surface area contributed by atoms with Crippen LogP contribution >= 0.6 is 0 Å². The summed E-state index contributed by atoms with van der Waals surface area (Å²) >= 11 is 0. The number of piperazine rings is 1. The molecule has 5 heteroatoms. The summed E-state index contributed by atoms with van der Waals surface area (Å²) in [6.07, 6.45) is 1.09. The molecule has 1 saturated heterocycles. The standard InChI is InChI=1S/C23H33N5/c1-3-13-25-23(24-2)26-18-20-9-7-8-10-21(20)19-27-14-16-28(17-15-27)22-11-5-4-6-12-22/h4-12H,3,13-19H2,1-2H3,(H2,24,25,26). The molecule has 5 nitrogen and oxygen atoms in total. The molecular formula is C23H33N5. The van der Waals surface area contributed by atoms with E-state index in [9.17, 15) is 0 Å². The van der Waals surface area contributed by atoms with Crippen LogP contribution < -0.4 is 15.5 Å². The average molecular weight is 380 g/mol. The summed E-state index contributed by atoms with van der Waals surface area (Å²) in [5, 5.41) is 6.77. The smallest absolute Gasteiger partial charge is 0.191 e. The minimum atomic E-state index is 0.795. The molecule has 28 heavy (non-hydrogen) atoms. The third-order valence-electron chi connectivity index (χ3n) is 5.22. The van der Waals surface area contributed by atoms with Gasteiger partial charge in [0, 0.05) is 58.5 Å². The van der Waals surface area contributed by atoms with E-state index < -0.39 is 0 Å². The molecule has 150 valence electrons. The van der Waals surface area contributed by atoms with Crippen LogP contribution in [0.25, 0.3) is 0 Å². The lowest BCUT2D eigenvalue weighted by Crippen LogP contribution is -2.46. The topological polar surface area (TPSA) is 42.9 Å². The summed E-state index contributed by atoms with van der Waals surface area (Å²) in [5.41, 5.74) is 4.07. The van der Waals surface area contributed by atoms with Crippen LogP contribution in [0, 0.1) is 0 Å². The lowest BCUT2D eigenvalue weighted by molar-refractivity contribution is 0.249. The zero-order valence-corrected chi connectivity index (χ0v) is 17.2. The van der Waals surface area contributed by atoms with E-state index in [-0.39, 0.29) is 0 Å². The van der Waals surface area contributed by atoms with Gasteiger partial charge in [0.1, 0.15) is 0 Å². The lowest BCUT2D eigenvalue weighted by atomic mass is 10.1. The van der Waals surface area contributed by atoms with E-state index in [2.05, 4.69) is 86.9 Å². The zero-order valence-electron chi connectivity index (χ0n) is 17.2. The Labute approximate surface area is 169 Å². The molecule has 0 spiro atoms. The van der Waals surface area contributed by atoms with Gasteiger partial charge in [-0.15, -0.1) is 0 Å². The maximum Gasteiger partial charge on any atom is 0.191 e. The molecule has 2 N–H and O–H groups in total. The first-order valence-corrected chi connectivity index (χ1v) is 10.3. The van der Waals surface area contributed by atoms with E-state index in [0.29, 0.717) is 0 Å². The number of hydrogen-bond acceptors (Lipinski definition) is 3. The van der Waals surface area contributed by atoms with Gasteiger partial charge in [0.25, 0.3) is 0 Å². The number of rotatable bonds is 7. The molecule has 1 aliphatic rings. The quantitative estimate of drug-likeness (QED) is 0.573. The number of anilines is 1. The third-order valence-corrected chi connectivity index (χ3v) is 5.22. The molecule has 0 amide bonds. The third kappa shape index (κ3) is 5.73. The highest BCUT2D eigenvalue weighted by atomic mass is 15.3. The molecule has 2 aromatic carbocycles. The Balaban J connectivity index is 1.54. The van der Waals surface area contributed by atoms with Crippen molar-refractivity contribution in [1.82, 2.24) is 15.5 Å². The largest absolute Gasteiger partial charge is 0.369 e. The molecule has 2 aromatic rings. The van der Waals surface area contributed by atoms with E-state index in [1.54, 1.807) is 0 Å². The molecule has 0 aliphatic carbocycles. The average Bonchev–Trinajstić information content (AvgIpc) is 2.76. The van der Waals surface area contributed by atoms with Crippen molar-refractivity contribution in [3.8, 4) is 0 Å². The Kier molecular flexibility index (Phi) is 7.73. The van der Waals surface area contributed by atoms with Gasteiger partial charge in [0.05, 0.1) is 0 Å². The summed E-state index contributed by atoms with van der Waals surface area (Å²) in [7, 11) is 1.82. The number of para-hydroxylation sites is 1. The lowest BCUT2D eigenvalue weighted by Gasteiger charge is -2.36. The molecule has 0 atom stereocenters. The van der Waals surface area contributed by atoms with Gasteiger partial charge in [-0.3, -0.25) is 9.89 Å². The normalized spacial score (nSPS) is 15.5. The first-order chi connectivity index (χ1) is 13.8. The van der Waals surface area contributed by atoms with Gasteiger partial charge < -0.3 is 15.5 Å². The van der Waals surface area contributed by atoms with Crippen molar-refractivity contribution in [2.45, 2.75) is 26.4 Å². The Morgan fingerprint density at radius 1 is 0.893 bits per heavy atom. The number of hydrogen-bond donors (Lipinski definition) is 2. The maximum absolute atomic E-state index is 4.30. The molecule has 0 aromatic heterocycles. The fraction of sp³-hybridized carbons (Fsp3) is 0.435. The molecular weight excluding hydrogens is 346 g/mol. The molecule has 1 aliphatic heterocycles. The van der Waals surface area contributed by atoms with Gasteiger partial charge in [-0.25, -0.2) is 0 Å². The first kappa shape index (κ1) is 20.2. The predicted molar refractivity (Wildman–Crippen MR) is 119 cm³/mol. The summed E-state index contributed by atoms with van der Waals surface area (Å²) in [6.45, 7) is 9.24. The zero-order chi connectivity index (χ0) is 19.6. The highest BCUT2D eigenvalue weighted by Gasteiger charge is 2.18. The van der Waals surface area contributed by atoms with Gasteiger partial charge in [0.2, 0.25) is 0 Å². The Hall–Kier alpha value is -2.53. The van der Waals surface area contributed by atoms with Crippen molar-refractivity contribution in [1.29, 1.82) is 0 Å². The van der Waals surface area contributed by atoms with Crippen molar-refractivity contribution in [2.24, 2.45) is 4.99 Å². The van der Waals surface area contributed by atoms with E-state index in [1.807, 2.05) is 7.05 Å². The summed E-state index contributed by atoms with van der Waals surface area (Å²) in [5.74, 6) is 0.869. The van der Waals surface area contributed by atoms with Crippen LogP contribution in [-0.4, -0.2) is 50.6 Å². The number of benzene rings is 2.